The molecule has 0 saturated carbocycles. The molecule has 24 heavy (non-hydrogen) atoms. The topological polar surface area (TPSA) is 60.5 Å². The van der Waals surface area contributed by atoms with Crippen molar-refractivity contribution in [3.63, 3.8) is 0 Å². The van der Waals surface area contributed by atoms with E-state index < -0.39 is 0 Å². The zero-order valence-electron chi connectivity index (χ0n) is 13.9. The molecule has 3 N–H and O–H groups in total. The van der Waals surface area contributed by atoms with E-state index in [9.17, 15) is 10.2 Å². The van der Waals surface area contributed by atoms with Crippen molar-refractivity contribution in [3.05, 3.63) is 48.0 Å². The van der Waals surface area contributed by atoms with Gasteiger partial charge in [-0.25, -0.2) is 0 Å². The molecule has 0 atom stereocenters. The predicted molar refractivity (Wildman–Crippen MR) is 96.9 cm³/mol. The highest BCUT2D eigenvalue weighted by atomic mass is 16.3. The Morgan fingerprint density at radius 3 is 2.42 bits per heavy atom. The fraction of sp³-hybridized carbons (Fsp3) is 0.316. The first-order valence-corrected chi connectivity index (χ1v) is 8.40. The van der Waals surface area contributed by atoms with Gasteiger partial charge in [-0.3, -0.25) is 4.99 Å². The number of nitrogens with zero attached hydrogens (tertiary/aromatic N) is 2. The Morgan fingerprint density at radius 1 is 1.08 bits per heavy atom. The van der Waals surface area contributed by atoms with Gasteiger partial charge < -0.3 is 20.0 Å². The van der Waals surface area contributed by atoms with E-state index in [0.29, 0.717) is 5.56 Å². The van der Waals surface area contributed by atoms with Crippen molar-refractivity contribution in [2.24, 2.45) is 4.99 Å². The second-order valence-electron chi connectivity index (χ2n) is 6.11. The summed E-state index contributed by atoms with van der Waals surface area (Å²) in [5, 5.41) is 19.1. The molecule has 0 amide bonds. The third-order valence-electron chi connectivity index (χ3n) is 4.55. The van der Waals surface area contributed by atoms with Crippen LogP contribution in [0.2, 0.25) is 0 Å². The quantitative estimate of drug-likeness (QED) is 0.748. The summed E-state index contributed by atoms with van der Waals surface area (Å²) in [5.41, 5.74) is 2.65. The summed E-state index contributed by atoms with van der Waals surface area (Å²) in [6.07, 6.45) is 1.60. The van der Waals surface area contributed by atoms with E-state index in [2.05, 4.69) is 28.9 Å². The highest BCUT2D eigenvalue weighted by Gasteiger charge is 2.18. The minimum Gasteiger partial charge on any atom is -0.508 e. The van der Waals surface area contributed by atoms with Crippen molar-refractivity contribution in [2.45, 2.75) is 6.92 Å². The Morgan fingerprint density at radius 2 is 1.79 bits per heavy atom. The van der Waals surface area contributed by atoms with Crippen LogP contribution < -0.4 is 9.80 Å². The summed E-state index contributed by atoms with van der Waals surface area (Å²) in [6, 6.07) is 12.6. The lowest BCUT2D eigenvalue weighted by molar-refractivity contribution is -0.898. The molecule has 2 aromatic carbocycles. The van der Waals surface area contributed by atoms with Gasteiger partial charge in [0.1, 0.15) is 11.5 Å². The monoisotopic (exact) mass is 326 g/mol. The van der Waals surface area contributed by atoms with Crippen LogP contribution in [0.1, 0.15) is 12.5 Å². The molecule has 3 rings (SSSR count). The molecule has 0 radical (unpaired) electrons. The van der Waals surface area contributed by atoms with Gasteiger partial charge in [0, 0.05) is 23.5 Å². The Kier molecular flexibility index (Phi) is 5.01. The number of phenolic OH excluding ortho intramolecular Hbond substituents is 2. The Balaban J connectivity index is 1.65. The zero-order chi connectivity index (χ0) is 16.9. The van der Waals surface area contributed by atoms with Crippen molar-refractivity contribution < 1.29 is 15.1 Å². The van der Waals surface area contributed by atoms with E-state index in [-0.39, 0.29) is 11.5 Å². The van der Waals surface area contributed by atoms with Crippen LogP contribution in [0.3, 0.4) is 0 Å². The van der Waals surface area contributed by atoms with Crippen molar-refractivity contribution in [2.75, 3.05) is 37.6 Å². The first-order chi connectivity index (χ1) is 11.7. The van der Waals surface area contributed by atoms with Crippen LogP contribution in [-0.4, -0.2) is 49.2 Å². The van der Waals surface area contributed by atoms with E-state index in [1.165, 1.54) is 37.5 Å². The van der Waals surface area contributed by atoms with Crippen molar-refractivity contribution >= 4 is 17.6 Å². The van der Waals surface area contributed by atoms with Crippen molar-refractivity contribution in [1.29, 1.82) is 0 Å². The molecule has 1 aliphatic rings. The Bertz CT molecular complexity index is 705. The number of phenols is 2. The van der Waals surface area contributed by atoms with E-state index in [4.69, 9.17) is 0 Å². The standard InChI is InChI=1S/C19H23N3O2/c1-2-21-9-11-22(12-10-21)17-6-4-16(5-7-17)20-14-15-3-8-18(23)13-19(15)24/h3-8,13-14,23-24H,2,9-12H2,1H3/p+1. The smallest absolute Gasteiger partial charge is 0.128 e. The van der Waals surface area contributed by atoms with Crippen LogP contribution in [0.15, 0.2) is 47.5 Å². The maximum atomic E-state index is 9.77. The van der Waals surface area contributed by atoms with E-state index in [1.54, 1.807) is 17.2 Å². The molecular formula is C19H24N3O2+. The number of anilines is 1. The van der Waals surface area contributed by atoms with Crippen LogP contribution in [0.4, 0.5) is 11.4 Å². The summed E-state index contributed by atoms with van der Waals surface area (Å²) < 4.78 is 0. The molecule has 0 bridgehead atoms. The van der Waals surface area contributed by atoms with Gasteiger partial charge in [-0.05, 0) is 43.3 Å². The minimum absolute atomic E-state index is 0.0201. The first kappa shape index (κ1) is 16.3. The number of piperazine rings is 1. The lowest BCUT2D eigenvalue weighted by Crippen LogP contribution is -3.14. The fourth-order valence-electron chi connectivity index (χ4n) is 2.97. The number of nitrogens with one attached hydrogen (secondary N) is 1. The van der Waals surface area contributed by atoms with E-state index >= 15 is 0 Å². The number of likely N-dealkylation sites (N-methyl/N-ethyl adjacent to an activating group) is 1. The Hall–Kier alpha value is -2.53. The summed E-state index contributed by atoms with van der Waals surface area (Å²) >= 11 is 0. The van der Waals surface area contributed by atoms with Gasteiger partial charge in [-0.2, -0.15) is 0 Å². The van der Waals surface area contributed by atoms with Crippen LogP contribution in [0.25, 0.3) is 0 Å². The molecule has 1 heterocycles. The van der Waals surface area contributed by atoms with Crippen LogP contribution in [0.5, 0.6) is 11.5 Å². The maximum absolute atomic E-state index is 9.77. The SMILES string of the molecule is CC[NH+]1CCN(c2ccc(N=Cc3ccc(O)cc3O)cc2)CC1. The number of aliphatic imine (C=N–C) groups is 1. The van der Waals surface area contributed by atoms with Gasteiger partial charge in [-0.15, -0.1) is 0 Å². The number of rotatable bonds is 4. The number of hydrogen-bond donors (Lipinski definition) is 3. The van der Waals surface area contributed by atoms with Gasteiger partial charge in [0.15, 0.2) is 0 Å². The molecule has 0 aliphatic carbocycles. The average Bonchev–Trinajstić information content (AvgIpc) is 2.62. The van der Waals surface area contributed by atoms with Gasteiger partial charge >= 0.3 is 0 Å². The molecule has 5 heteroatoms. The molecule has 126 valence electrons. The number of hydrogen-bond acceptors (Lipinski definition) is 4. The second-order valence-corrected chi connectivity index (χ2v) is 6.11. The lowest BCUT2D eigenvalue weighted by Gasteiger charge is -2.33. The largest absolute Gasteiger partial charge is 0.508 e. The van der Waals surface area contributed by atoms with Crippen molar-refractivity contribution in [1.82, 2.24) is 0 Å². The van der Waals surface area contributed by atoms with Crippen LogP contribution >= 0.6 is 0 Å². The maximum Gasteiger partial charge on any atom is 0.128 e. The first-order valence-electron chi connectivity index (χ1n) is 8.40. The van der Waals surface area contributed by atoms with Crippen LogP contribution in [-0.2, 0) is 0 Å². The summed E-state index contributed by atoms with van der Waals surface area (Å²) in [5.74, 6) is 0.0608. The second kappa shape index (κ2) is 7.36. The fourth-order valence-corrected chi connectivity index (χ4v) is 2.97. The highest BCUT2D eigenvalue weighted by Crippen LogP contribution is 2.23. The molecule has 0 spiro atoms. The molecule has 1 aliphatic heterocycles. The summed E-state index contributed by atoms with van der Waals surface area (Å²) in [4.78, 5) is 8.47. The third kappa shape index (κ3) is 3.86. The zero-order valence-corrected chi connectivity index (χ0v) is 13.9. The molecular weight excluding hydrogens is 302 g/mol. The number of aromatic hydroxyl groups is 2. The summed E-state index contributed by atoms with van der Waals surface area (Å²) in [6.45, 7) is 8.00. The molecule has 0 aromatic heterocycles. The number of benzene rings is 2. The number of quaternary nitrogens is 1. The Labute approximate surface area is 142 Å². The van der Waals surface area contributed by atoms with Gasteiger partial charge in [-0.1, -0.05) is 0 Å². The van der Waals surface area contributed by atoms with Crippen molar-refractivity contribution in [3.8, 4) is 11.5 Å². The highest BCUT2D eigenvalue weighted by molar-refractivity contribution is 5.85. The predicted octanol–water partition coefficient (Wildman–Crippen LogP) is 1.57. The summed E-state index contributed by atoms with van der Waals surface area (Å²) in [7, 11) is 0. The van der Waals surface area contributed by atoms with Gasteiger partial charge in [0.05, 0.1) is 38.4 Å². The molecule has 2 aromatic rings. The average molecular weight is 326 g/mol. The molecule has 1 fully saturated rings. The van der Waals surface area contributed by atoms with Crippen LogP contribution in [0, 0.1) is 0 Å². The minimum atomic E-state index is 0.0201. The molecule has 5 nitrogen and oxygen atoms in total. The van der Waals surface area contributed by atoms with Gasteiger partial charge in [0.25, 0.3) is 0 Å². The van der Waals surface area contributed by atoms with E-state index in [1.807, 2.05) is 12.1 Å². The molecule has 1 saturated heterocycles. The third-order valence-corrected chi connectivity index (χ3v) is 4.55. The van der Waals surface area contributed by atoms with Gasteiger partial charge in [0.2, 0.25) is 0 Å². The normalized spacial score (nSPS) is 16.0. The lowest BCUT2D eigenvalue weighted by atomic mass is 10.2. The van der Waals surface area contributed by atoms with E-state index in [0.717, 1.165) is 18.8 Å². The molecule has 0 unspecified atom stereocenters.